The van der Waals surface area contributed by atoms with Gasteiger partial charge in [-0.15, -0.1) is 0 Å². The van der Waals surface area contributed by atoms with Gasteiger partial charge in [-0.25, -0.2) is 8.42 Å². The molecule has 1 aliphatic heterocycles. The molecule has 1 aliphatic carbocycles. The first-order valence-electron chi connectivity index (χ1n) is 10.4. The van der Waals surface area contributed by atoms with Gasteiger partial charge in [-0.1, -0.05) is 31.2 Å². The Labute approximate surface area is 173 Å². The van der Waals surface area contributed by atoms with Gasteiger partial charge in [0.25, 0.3) is 5.91 Å². The fraction of sp³-hybridized carbons (Fsp3) is 0.435. The zero-order chi connectivity index (χ0) is 20.4. The predicted molar refractivity (Wildman–Crippen MR) is 113 cm³/mol. The van der Waals surface area contributed by atoms with Gasteiger partial charge in [0.15, 0.2) is 0 Å². The number of aryl methyl sites for hydroxylation is 1. The SMILES string of the molecule is CC1CCN(S(=O)(=O)c2ccc(C(=O)N[C@H]3CCCc4ccccc43)cc2)CC1. The Balaban J connectivity index is 1.46. The Hall–Kier alpha value is -2.18. The van der Waals surface area contributed by atoms with Crippen molar-refractivity contribution in [2.24, 2.45) is 5.92 Å². The molecule has 2 aromatic carbocycles. The summed E-state index contributed by atoms with van der Waals surface area (Å²) in [5, 5.41) is 3.12. The molecular formula is C23H28N2O3S. The molecule has 6 heteroatoms. The summed E-state index contributed by atoms with van der Waals surface area (Å²) in [5.41, 5.74) is 2.96. The highest BCUT2D eigenvalue weighted by Crippen LogP contribution is 2.30. The fourth-order valence-electron chi connectivity index (χ4n) is 4.30. The largest absolute Gasteiger partial charge is 0.345 e. The van der Waals surface area contributed by atoms with Gasteiger partial charge in [0, 0.05) is 18.7 Å². The van der Waals surface area contributed by atoms with Crippen molar-refractivity contribution >= 4 is 15.9 Å². The highest BCUT2D eigenvalue weighted by atomic mass is 32.2. The Kier molecular flexibility index (Phi) is 5.74. The quantitative estimate of drug-likeness (QED) is 0.828. The van der Waals surface area contributed by atoms with Crippen LogP contribution in [0.2, 0.25) is 0 Å². The maximum absolute atomic E-state index is 12.9. The van der Waals surface area contributed by atoms with Crippen LogP contribution in [0.1, 0.15) is 60.1 Å². The summed E-state index contributed by atoms with van der Waals surface area (Å²) in [7, 11) is -3.49. The molecule has 5 nitrogen and oxygen atoms in total. The van der Waals surface area contributed by atoms with Gasteiger partial charge in [0.1, 0.15) is 0 Å². The molecule has 4 rings (SSSR count). The zero-order valence-corrected chi connectivity index (χ0v) is 17.6. The lowest BCUT2D eigenvalue weighted by atomic mass is 9.87. The molecule has 1 N–H and O–H groups in total. The molecule has 29 heavy (non-hydrogen) atoms. The average Bonchev–Trinajstić information content (AvgIpc) is 2.74. The molecule has 1 amide bonds. The van der Waals surface area contributed by atoms with Crippen LogP contribution in [-0.4, -0.2) is 31.7 Å². The number of carbonyl (C=O) groups excluding carboxylic acids is 1. The Morgan fingerprint density at radius 1 is 1.00 bits per heavy atom. The summed E-state index contributed by atoms with van der Waals surface area (Å²) < 4.78 is 27.3. The highest BCUT2D eigenvalue weighted by molar-refractivity contribution is 7.89. The van der Waals surface area contributed by atoms with Crippen LogP contribution in [0.15, 0.2) is 53.4 Å². The van der Waals surface area contributed by atoms with Crippen LogP contribution in [0.5, 0.6) is 0 Å². The number of benzene rings is 2. The van der Waals surface area contributed by atoms with Crippen LogP contribution in [-0.2, 0) is 16.4 Å². The standard InChI is InChI=1S/C23H28N2O3S/c1-17-13-15-25(16-14-17)29(27,28)20-11-9-19(10-12-20)23(26)24-22-8-4-6-18-5-2-3-7-21(18)22/h2-3,5,7,9-12,17,22H,4,6,8,13-16H2,1H3,(H,24,26)/t22-/m0/s1. The molecule has 1 saturated heterocycles. The summed E-state index contributed by atoms with van der Waals surface area (Å²) >= 11 is 0. The molecule has 0 aromatic heterocycles. The monoisotopic (exact) mass is 412 g/mol. The first kappa shape index (κ1) is 20.1. The number of fused-ring (bicyclic) bond motifs is 1. The van der Waals surface area contributed by atoms with E-state index >= 15 is 0 Å². The van der Waals surface area contributed by atoms with Gasteiger partial charge in [-0.3, -0.25) is 4.79 Å². The number of sulfonamides is 1. The third kappa shape index (κ3) is 4.23. The topological polar surface area (TPSA) is 66.5 Å². The van der Waals surface area contributed by atoms with Crippen molar-refractivity contribution in [2.75, 3.05) is 13.1 Å². The lowest BCUT2D eigenvalue weighted by Crippen LogP contribution is -2.37. The van der Waals surface area contributed by atoms with E-state index in [0.717, 1.165) is 32.1 Å². The molecule has 0 unspecified atom stereocenters. The number of nitrogens with zero attached hydrogens (tertiary/aromatic N) is 1. The van der Waals surface area contributed by atoms with Crippen molar-refractivity contribution in [2.45, 2.75) is 50.0 Å². The normalized spacial score (nSPS) is 20.8. The third-order valence-electron chi connectivity index (χ3n) is 6.17. The van der Waals surface area contributed by atoms with E-state index in [0.29, 0.717) is 24.6 Å². The molecule has 1 atom stereocenters. The van der Waals surface area contributed by atoms with Crippen LogP contribution < -0.4 is 5.32 Å². The van der Waals surface area contributed by atoms with E-state index in [-0.39, 0.29) is 16.8 Å². The Bertz CT molecular complexity index is 977. The first-order valence-corrected chi connectivity index (χ1v) is 11.9. The smallest absolute Gasteiger partial charge is 0.251 e. The minimum absolute atomic E-state index is 0.00574. The van der Waals surface area contributed by atoms with E-state index < -0.39 is 10.0 Å². The maximum Gasteiger partial charge on any atom is 0.251 e. The number of nitrogens with one attached hydrogen (secondary N) is 1. The van der Waals surface area contributed by atoms with Gasteiger partial charge in [0.2, 0.25) is 10.0 Å². The molecular weight excluding hydrogens is 384 g/mol. The van der Waals surface area contributed by atoms with E-state index in [1.165, 1.54) is 11.1 Å². The lowest BCUT2D eigenvalue weighted by Gasteiger charge is -2.29. The van der Waals surface area contributed by atoms with E-state index in [1.807, 2.05) is 12.1 Å². The second kappa shape index (κ2) is 8.28. The molecule has 2 aliphatic rings. The molecule has 2 aromatic rings. The van der Waals surface area contributed by atoms with Gasteiger partial charge in [0.05, 0.1) is 10.9 Å². The van der Waals surface area contributed by atoms with Crippen LogP contribution in [0.25, 0.3) is 0 Å². The van der Waals surface area contributed by atoms with Crippen molar-refractivity contribution in [3.05, 3.63) is 65.2 Å². The predicted octanol–water partition coefficient (Wildman–Crippen LogP) is 3.91. The number of carbonyl (C=O) groups is 1. The summed E-state index contributed by atoms with van der Waals surface area (Å²) in [6.45, 7) is 3.28. The van der Waals surface area contributed by atoms with Crippen molar-refractivity contribution in [3.63, 3.8) is 0 Å². The van der Waals surface area contributed by atoms with Crippen LogP contribution in [0, 0.1) is 5.92 Å². The van der Waals surface area contributed by atoms with Gasteiger partial charge >= 0.3 is 0 Å². The Morgan fingerprint density at radius 3 is 2.41 bits per heavy atom. The average molecular weight is 413 g/mol. The van der Waals surface area contributed by atoms with Crippen molar-refractivity contribution in [1.29, 1.82) is 0 Å². The van der Waals surface area contributed by atoms with Gasteiger partial charge < -0.3 is 5.32 Å². The second-order valence-electron chi connectivity index (χ2n) is 8.23. The molecule has 1 fully saturated rings. The molecule has 0 saturated carbocycles. The molecule has 154 valence electrons. The number of hydrogen-bond acceptors (Lipinski definition) is 3. The van der Waals surface area contributed by atoms with Crippen molar-refractivity contribution in [1.82, 2.24) is 9.62 Å². The maximum atomic E-state index is 12.9. The summed E-state index contributed by atoms with van der Waals surface area (Å²) in [4.78, 5) is 13.0. The minimum Gasteiger partial charge on any atom is -0.345 e. The molecule has 0 radical (unpaired) electrons. The fourth-order valence-corrected chi connectivity index (χ4v) is 5.77. The van der Waals surface area contributed by atoms with Gasteiger partial charge in [-0.05, 0) is 73.4 Å². The van der Waals surface area contributed by atoms with Crippen molar-refractivity contribution < 1.29 is 13.2 Å². The van der Waals surface area contributed by atoms with Gasteiger partial charge in [-0.2, -0.15) is 4.31 Å². The number of piperidine rings is 1. The highest BCUT2D eigenvalue weighted by Gasteiger charge is 2.28. The minimum atomic E-state index is -3.49. The first-order chi connectivity index (χ1) is 13.9. The van der Waals surface area contributed by atoms with E-state index in [9.17, 15) is 13.2 Å². The summed E-state index contributed by atoms with van der Waals surface area (Å²) in [5.74, 6) is 0.403. The zero-order valence-electron chi connectivity index (χ0n) is 16.8. The third-order valence-corrected chi connectivity index (χ3v) is 8.08. The van der Waals surface area contributed by atoms with E-state index in [4.69, 9.17) is 0 Å². The number of amides is 1. The number of rotatable bonds is 4. The van der Waals surface area contributed by atoms with Crippen LogP contribution in [0.3, 0.4) is 0 Å². The molecule has 0 bridgehead atoms. The molecule has 1 heterocycles. The molecule has 0 spiro atoms. The van der Waals surface area contributed by atoms with E-state index in [1.54, 1.807) is 28.6 Å². The summed E-state index contributed by atoms with van der Waals surface area (Å²) in [6, 6.07) is 14.6. The second-order valence-corrected chi connectivity index (χ2v) is 10.2. The van der Waals surface area contributed by atoms with E-state index in [2.05, 4.69) is 24.4 Å². The van der Waals surface area contributed by atoms with Crippen LogP contribution >= 0.6 is 0 Å². The van der Waals surface area contributed by atoms with Crippen molar-refractivity contribution in [3.8, 4) is 0 Å². The number of hydrogen-bond donors (Lipinski definition) is 1. The lowest BCUT2D eigenvalue weighted by molar-refractivity contribution is 0.0932. The van der Waals surface area contributed by atoms with Crippen LogP contribution in [0.4, 0.5) is 0 Å². The summed E-state index contributed by atoms with van der Waals surface area (Å²) in [6.07, 6.45) is 4.80. The Morgan fingerprint density at radius 2 is 1.69 bits per heavy atom.